The first kappa shape index (κ1) is 25.0. The lowest BCUT2D eigenvalue weighted by Gasteiger charge is -2.57. The number of ether oxygens (including phenoxy) is 2. The van der Waals surface area contributed by atoms with E-state index in [1.165, 1.54) is 5.94 Å². The number of nitrogens with one attached hydrogen (secondary N) is 1. The molecule has 5 saturated carbocycles. The second kappa shape index (κ2) is 8.36. The molecular formula is C26H31NO10. The van der Waals surface area contributed by atoms with E-state index in [0.29, 0.717) is 64.2 Å². The zero-order valence-corrected chi connectivity index (χ0v) is 20.3. The van der Waals surface area contributed by atoms with Crippen LogP contribution in [0, 0.1) is 23.7 Å². The van der Waals surface area contributed by atoms with Crippen LogP contribution in [0.3, 0.4) is 0 Å². The summed E-state index contributed by atoms with van der Waals surface area (Å²) < 4.78 is 11.0. The molecule has 1 aliphatic heterocycles. The van der Waals surface area contributed by atoms with Gasteiger partial charge in [-0.2, -0.15) is 0 Å². The quantitative estimate of drug-likeness (QED) is 0.154. The highest BCUT2D eigenvalue weighted by atomic mass is 16.7. The first-order valence-corrected chi connectivity index (χ1v) is 13.3. The Morgan fingerprint density at radius 3 is 1.68 bits per heavy atom. The molecule has 0 aromatic rings. The van der Waals surface area contributed by atoms with Crippen LogP contribution in [0.25, 0.3) is 0 Å². The van der Waals surface area contributed by atoms with Gasteiger partial charge in [0.25, 0.3) is 0 Å². The Bertz CT molecular complexity index is 1110. The van der Waals surface area contributed by atoms with Crippen LogP contribution in [0.15, 0.2) is 5.76 Å². The third-order valence-corrected chi connectivity index (χ3v) is 8.46. The fraction of sp³-hybridized carbons (Fsp3) is 0.769. The van der Waals surface area contributed by atoms with Crippen LogP contribution in [-0.2, 0) is 33.4 Å². The lowest BCUT2D eigenvalue weighted by Crippen LogP contribution is -2.87. The number of aliphatic hydroxyl groups is 3. The minimum atomic E-state index is -3.12. The normalized spacial score (nSPS) is 39.4. The van der Waals surface area contributed by atoms with Crippen molar-refractivity contribution in [2.75, 3.05) is 0 Å². The van der Waals surface area contributed by atoms with E-state index in [4.69, 9.17) is 9.47 Å². The number of hydrogen-bond donors (Lipinski definition) is 4. The topological polar surface area (TPSA) is 177 Å². The van der Waals surface area contributed by atoms with E-state index >= 15 is 0 Å². The van der Waals surface area contributed by atoms with Crippen molar-refractivity contribution in [1.82, 2.24) is 5.32 Å². The summed E-state index contributed by atoms with van der Waals surface area (Å²) >= 11 is 0. The van der Waals surface area contributed by atoms with Gasteiger partial charge in [0, 0.05) is 23.8 Å². The molecule has 6 aliphatic rings. The first-order chi connectivity index (χ1) is 17.6. The van der Waals surface area contributed by atoms with Gasteiger partial charge in [-0.25, -0.2) is 4.79 Å². The van der Waals surface area contributed by atoms with E-state index in [2.05, 4.69) is 5.32 Å². The van der Waals surface area contributed by atoms with Gasteiger partial charge in [-0.05, 0) is 64.2 Å². The number of carbonyl (C=O) groups is 4. The summed E-state index contributed by atoms with van der Waals surface area (Å²) in [7, 11) is 0. The van der Waals surface area contributed by atoms with Gasteiger partial charge >= 0.3 is 5.97 Å². The molecule has 0 radical (unpaired) electrons. The number of rotatable bonds is 11. The molecule has 6 rings (SSSR count). The van der Waals surface area contributed by atoms with E-state index in [-0.39, 0.29) is 6.04 Å². The molecule has 1 heterocycles. The predicted octanol–water partition coefficient (Wildman–Crippen LogP) is -0.737. The highest BCUT2D eigenvalue weighted by Crippen LogP contribution is 2.54. The minimum absolute atomic E-state index is 0.295. The van der Waals surface area contributed by atoms with Crippen molar-refractivity contribution in [2.45, 2.75) is 99.4 Å². The van der Waals surface area contributed by atoms with Gasteiger partial charge in [-0.3, -0.25) is 19.2 Å². The van der Waals surface area contributed by atoms with Gasteiger partial charge in [0.1, 0.15) is 6.04 Å². The Kier molecular flexibility index (Phi) is 5.66. The van der Waals surface area contributed by atoms with Crippen LogP contribution in [-0.4, -0.2) is 79.8 Å². The van der Waals surface area contributed by atoms with Crippen LogP contribution in [0.1, 0.15) is 64.2 Å². The third-order valence-electron chi connectivity index (χ3n) is 8.46. The SMILES string of the molecule is O=C=C(OC(=O)C1CC1)[C@H]1OC(O)(C(=O)C2CC2)[C@@H](NC2CC2)[C@](O)(C(=O)C2CC2)[C@@]1(O)C(=O)C1CC1. The molecule has 0 spiro atoms. The Morgan fingerprint density at radius 2 is 1.22 bits per heavy atom. The maximum atomic E-state index is 13.9. The highest BCUT2D eigenvalue weighted by Gasteiger charge is 2.80. The van der Waals surface area contributed by atoms with Crippen molar-refractivity contribution in [2.24, 2.45) is 23.7 Å². The van der Waals surface area contributed by atoms with E-state index < -0.39 is 81.9 Å². The Labute approximate surface area is 212 Å². The Hall–Kier alpha value is -2.27. The van der Waals surface area contributed by atoms with Gasteiger partial charge in [0.05, 0.1) is 5.92 Å². The fourth-order valence-electron chi connectivity index (χ4n) is 5.44. The Balaban J connectivity index is 1.52. The Morgan fingerprint density at radius 1 is 0.730 bits per heavy atom. The van der Waals surface area contributed by atoms with Crippen LogP contribution < -0.4 is 5.32 Å². The highest BCUT2D eigenvalue weighted by molar-refractivity contribution is 6.06. The van der Waals surface area contributed by atoms with E-state index in [1.54, 1.807) is 0 Å². The molecule has 11 heteroatoms. The van der Waals surface area contributed by atoms with Gasteiger partial charge < -0.3 is 30.1 Å². The van der Waals surface area contributed by atoms with Crippen LogP contribution >= 0.6 is 0 Å². The van der Waals surface area contributed by atoms with Crippen molar-refractivity contribution in [1.29, 1.82) is 0 Å². The zero-order chi connectivity index (χ0) is 26.3. The van der Waals surface area contributed by atoms with E-state index in [9.17, 15) is 39.3 Å². The minimum Gasteiger partial charge on any atom is -0.416 e. The van der Waals surface area contributed by atoms with Crippen molar-refractivity contribution in [3.63, 3.8) is 0 Å². The average Bonchev–Trinajstić information content (AvgIpc) is 3.73. The zero-order valence-electron chi connectivity index (χ0n) is 20.3. The second-order valence-corrected chi connectivity index (χ2v) is 11.7. The number of hydrogen-bond acceptors (Lipinski definition) is 11. The van der Waals surface area contributed by atoms with Crippen LogP contribution in [0.2, 0.25) is 0 Å². The monoisotopic (exact) mass is 517 g/mol. The van der Waals surface area contributed by atoms with Gasteiger partial charge in [-0.15, -0.1) is 0 Å². The van der Waals surface area contributed by atoms with Crippen molar-refractivity contribution >= 4 is 29.3 Å². The molecule has 6 fully saturated rings. The third kappa shape index (κ3) is 3.95. The van der Waals surface area contributed by atoms with Crippen LogP contribution in [0.5, 0.6) is 0 Å². The summed E-state index contributed by atoms with van der Waals surface area (Å²) in [4.78, 5) is 65.7. The molecule has 5 atom stereocenters. The van der Waals surface area contributed by atoms with Crippen LogP contribution in [0.4, 0.5) is 0 Å². The van der Waals surface area contributed by atoms with Gasteiger partial charge in [0.15, 0.2) is 40.6 Å². The molecule has 4 N–H and O–H groups in total. The van der Waals surface area contributed by atoms with Crippen molar-refractivity contribution in [3.8, 4) is 0 Å². The summed E-state index contributed by atoms with van der Waals surface area (Å²) in [6.45, 7) is 0. The smallest absolute Gasteiger partial charge is 0.314 e. The molecule has 1 unspecified atom stereocenters. The number of esters is 1. The lowest BCUT2D eigenvalue weighted by molar-refractivity contribution is -0.335. The van der Waals surface area contributed by atoms with Crippen molar-refractivity contribution < 1.29 is 48.8 Å². The summed E-state index contributed by atoms with van der Waals surface area (Å²) in [5, 5.41) is 39.4. The number of ketones is 3. The van der Waals surface area contributed by atoms with E-state index in [1.807, 2.05) is 0 Å². The molecule has 200 valence electrons. The summed E-state index contributed by atoms with van der Waals surface area (Å²) in [5.74, 6) is -8.62. The molecule has 0 aromatic carbocycles. The lowest BCUT2D eigenvalue weighted by atomic mass is 9.62. The largest absolute Gasteiger partial charge is 0.416 e. The molecule has 1 saturated heterocycles. The molecule has 0 aromatic heterocycles. The maximum Gasteiger partial charge on any atom is 0.314 e. The molecule has 37 heavy (non-hydrogen) atoms. The van der Waals surface area contributed by atoms with Crippen molar-refractivity contribution in [3.05, 3.63) is 5.76 Å². The standard InChI is InChI=1S/C26H31NO10/c28-11-17(36-22(32)15-7-8-15)21-24(33,18(29)12-1-2-12)25(34,19(30)13-3-4-13)23(27-16-9-10-16)26(35,37-21)20(31)14-5-6-14/h12-16,21,23,27,33-35H,1-10H2/t21-,23+,24-,25-,26?/m1/s1. The second-order valence-electron chi connectivity index (χ2n) is 11.7. The molecule has 5 aliphatic carbocycles. The molecule has 0 amide bonds. The summed E-state index contributed by atoms with van der Waals surface area (Å²) in [5.41, 5.74) is -6.17. The fourth-order valence-corrected chi connectivity index (χ4v) is 5.44. The van der Waals surface area contributed by atoms with Gasteiger partial charge in [-0.1, -0.05) is 0 Å². The van der Waals surface area contributed by atoms with E-state index in [0.717, 1.165) is 0 Å². The average molecular weight is 518 g/mol. The molecule has 11 nitrogen and oxygen atoms in total. The maximum absolute atomic E-state index is 13.9. The number of carbonyl (C=O) groups excluding carboxylic acids is 5. The summed E-state index contributed by atoms with van der Waals surface area (Å²) in [6, 6.07) is -2.18. The van der Waals surface area contributed by atoms with Gasteiger partial charge in [0.2, 0.25) is 11.5 Å². The predicted molar refractivity (Wildman–Crippen MR) is 121 cm³/mol. The first-order valence-electron chi connectivity index (χ1n) is 13.3. The summed E-state index contributed by atoms with van der Waals surface area (Å²) in [6.07, 6.45) is 2.37. The number of Topliss-reactive ketones (excluding diaryl/α,β-unsaturated/α-hetero) is 3. The molecular weight excluding hydrogens is 486 g/mol. The molecule has 0 bridgehead atoms.